The lowest BCUT2D eigenvalue weighted by molar-refractivity contribution is 0.0601. The highest BCUT2D eigenvalue weighted by Gasteiger charge is 2.23. The summed E-state index contributed by atoms with van der Waals surface area (Å²) in [6.45, 7) is 0.924. The molecule has 0 fully saturated rings. The van der Waals surface area contributed by atoms with Crippen LogP contribution < -0.4 is 16.2 Å². The minimum absolute atomic E-state index is 0.000729. The van der Waals surface area contributed by atoms with Crippen LogP contribution in [0.15, 0.2) is 72.7 Å². The maximum atomic E-state index is 12.5. The molecule has 0 unspecified atom stereocenters. The van der Waals surface area contributed by atoms with Gasteiger partial charge in [0.15, 0.2) is 9.84 Å². The number of anilines is 2. The molecule has 3 aromatic rings. The summed E-state index contributed by atoms with van der Waals surface area (Å²) < 4.78 is 68.8. The maximum Gasteiger partial charge on any atom is 0.340 e. The first-order valence-corrected chi connectivity index (χ1v) is 14.6. The van der Waals surface area contributed by atoms with Crippen LogP contribution in [0.2, 0.25) is 0 Å². The molecule has 41 heavy (non-hydrogen) atoms. The molecule has 0 aliphatic rings. The Labute approximate surface area is 235 Å². The number of nitrogen functional groups attached to an aromatic ring is 2. The number of hydrogen-bond acceptors (Lipinski definition) is 14. The number of methoxy groups -OCH3 is 2. The zero-order valence-corrected chi connectivity index (χ0v) is 23.6. The van der Waals surface area contributed by atoms with Crippen LogP contribution in [-0.4, -0.2) is 59.0 Å². The number of nitrogens with zero attached hydrogens (tertiary/aromatic N) is 4. The molecular formula is C24H26N6O9S2. The number of carbonyl (C=O) groups excluding carboxylic acids is 1. The average Bonchev–Trinajstić information content (AvgIpc) is 2.91. The summed E-state index contributed by atoms with van der Waals surface area (Å²) in [7, 11) is -6.28. The van der Waals surface area contributed by atoms with Crippen LogP contribution in [0, 0.1) is 6.92 Å². The zero-order valence-electron chi connectivity index (χ0n) is 22.0. The molecule has 0 bridgehead atoms. The van der Waals surface area contributed by atoms with Gasteiger partial charge in [-0.3, -0.25) is 4.55 Å². The van der Waals surface area contributed by atoms with Crippen molar-refractivity contribution in [3.63, 3.8) is 0 Å². The SMILES string of the molecule is COC(=O)c1ccccc1N=Nc1c(N)c(N=Nc2cc(C)c(S(=O)(=O)CCO)cc2OC)cc(S(=O)(=O)O)c1N. The fourth-order valence-corrected chi connectivity index (χ4v) is 5.51. The van der Waals surface area contributed by atoms with Crippen LogP contribution in [0.25, 0.3) is 0 Å². The number of sulfone groups is 1. The number of rotatable bonds is 10. The maximum absolute atomic E-state index is 12.5. The molecule has 3 rings (SSSR count). The van der Waals surface area contributed by atoms with Gasteiger partial charge in [-0.15, -0.1) is 20.5 Å². The van der Waals surface area contributed by atoms with Crippen LogP contribution in [0.1, 0.15) is 15.9 Å². The van der Waals surface area contributed by atoms with E-state index < -0.39 is 48.9 Å². The lowest BCUT2D eigenvalue weighted by Gasteiger charge is -2.12. The van der Waals surface area contributed by atoms with Gasteiger partial charge in [0.25, 0.3) is 10.1 Å². The Morgan fingerprint density at radius 2 is 1.51 bits per heavy atom. The number of aliphatic hydroxyl groups is 1. The average molecular weight is 607 g/mol. The molecule has 0 spiro atoms. The number of benzene rings is 3. The third-order valence-electron chi connectivity index (χ3n) is 5.60. The summed E-state index contributed by atoms with van der Waals surface area (Å²) in [4.78, 5) is 11.2. The van der Waals surface area contributed by atoms with Crippen molar-refractivity contribution in [3.8, 4) is 5.75 Å². The van der Waals surface area contributed by atoms with E-state index in [4.69, 9.17) is 26.0 Å². The first kappa shape index (κ1) is 31.1. The minimum atomic E-state index is -4.90. The summed E-state index contributed by atoms with van der Waals surface area (Å²) in [5, 5.41) is 25.0. The van der Waals surface area contributed by atoms with Gasteiger partial charge in [0, 0.05) is 6.07 Å². The second-order valence-corrected chi connectivity index (χ2v) is 11.8. The van der Waals surface area contributed by atoms with Gasteiger partial charge in [-0.1, -0.05) is 12.1 Å². The number of aryl methyl sites for hydroxylation is 1. The molecule has 0 aliphatic heterocycles. The molecule has 0 heterocycles. The number of nitrogens with two attached hydrogens (primary N) is 2. The van der Waals surface area contributed by atoms with E-state index in [0.717, 1.165) is 6.07 Å². The van der Waals surface area contributed by atoms with Crippen molar-refractivity contribution in [1.82, 2.24) is 0 Å². The Morgan fingerprint density at radius 1 is 0.878 bits per heavy atom. The molecule has 3 aromatic carbocycles. The van der Waals surface area contributed by atoms with E-state index in [1.165, 1.54) is 45.4 Å². The molecule has 0 amide bonds. The van der Waals surface area contributed by atoms with E-state index >= 15 is 0 Å². The predicted octanol–water partition coefficient (Wildman–Crippen LogP) is 3.80. The van der Waals surface area contributed by atoms with Crippen LogP contribution >= 0.6 is 0 Å². The normalized spacial score (nSPS) is 12.2. The van der Waals surface area contributed by atoms with Gasteiger partial charge in [-0.2, -0.15) is 8.42 Å². The summed E-state index contributed by atoms with van der Waals surface area (Å²) in [5.41, 5.74) is 11.0. The first-order valence-electron chi connectivity index (χ1n) is 11.5. The van der Waals surface area contributed by atoms with Crippen molar-refractivity contribution in [2.45, 2.75) is 16.7 Å². The monoisotopic (exact) mass is 606 g/mol. The lowest BCUT2D eigenvalue weighted by Crippen LogP contribution is -2.11. The minimum Gasteiger partial charge on any atom is -0.494 e. The number of carbonyl (C=O) groups is 1. The number of azo groups is 2. The van der Waals surface area contributed by atoms with Crippen LogP contribution in [0.4, 0.5) is 34.1 Å². The van der Waals surface area contributed by atoms with Gasteiger partial charge in [0.1, 0.15) is 33.4 Å². The van der Waals surface area contributed by atoms with Crippen molar-refractivity contribution in [1.29, 1.82) is 0 Å². The van der Waals surface area contributed by atoms with Gasteiger partial charge in [-0.05, 0) is 36.8 Å². The molecule has 6 N–H and O–H groups in total. The third kappa shape index (κ3) is 6.83. The molecule has 0 aliphatic carbocycles. The highest BCUT2D eigenvalue weighted by atomic mass is 32.2. The van der Waals surface area contributed by atoms with Crippen LogP contribution in [0.3, 0.4) is 0 Å². The highest BCUT2D eigenvalue weighted by molar-refractivity contribution is 7.91. The molecule has 0 aromatic heterocycles. The van der Waals surface area contributed by atoms with E-state index in [-0.39, 0.29) is 50.2 Å². The standard InChI is InChI=1S/C24H26N6O9S2/c1-13-10-16(18(38-2)12-19(13)40(33,34)9-8-31)28-29-17-11-20(41(35,36)37)22(26)23(21(17)25)30-27-15-7-5-4-6-14(15)24(32)39-3/h4-7,10-12,31H,8-9,25-26H2,1-3H3,(H,35,36,37). The van der Waals surface area contributed by atoms with Crippen molar-refractivity contribution in [3.05, 3.63) is 53.6 Å². The van der Waals surface area contributed by atoms with Gasteiger partial charge >= 0.3 is 5.97 Å². The number of hydrogen-bond donors (Lipinski definition) is 4. The summed E-state index contributed by atoms with van der Waals surface area (Å²) in [6, 6.07) is 9.43. The van der Waals surface area contributed by atoms with E-state index in [9.17, 15) is 26.2 Å². The van der Waals surface area contributed by atoms with Crippen LogP contribution in [-0.2, 0) is 24.7 Å². The summed E-state index contributed by atoms with van der Waals surface area (Å²) in [6.07, 6.45) is 0. The second kappa shape index (κ2) is 12.4. The quantitative estimate of drug-likeness (QED) is 0.112. The second-order valence-electron chi connectivity index (χ2n) is 8.29. The Morgan fingerprint density at radius 3 is 2.12 bits per heavy atom. The highest BCUT2D eigenvalue weighted by Crippen LogP contribution is 2.44. The topological polar surface area (TPSA) is 246 Å². The number of esters is 1. The molecular weight excluding hydrogens is 580 g/mol. The van der Waals surface area contributed by atoms with Gasteiger partial charge in [0.2, 0.25) is 0 Å². The van der Waals surface area contributed by atoms with Gasteiger partial charge < -0.3 is 26.0 Å². The van der Waals surface area contributed by atoms with Crippen molar-refractivity contribution >= 4 is 60.0 Å². The predicted molar refractivity (Wildman–Crippen MR) is 148 cm³/mol. The molecule has 218 valence electrons. The Bertz CT molecular complexity index is 1770. The van der Waals surface area contributed by atoms with Crippen molar-refractivity contribution in [2.75, 3.05) is 38.0 Å². The van der Waals surface area contributed by atoms with Crippen molar-refractivity contribution < 1.29 is 40.8 Å². The molecule has 0 radical (unpaired) electrons. The molecule has 0 atom stereocenters. The van der Waals surface area contributed by atoms with Crippen LogP contribution in [0.5, 0.6) is 5.75 Å². The Balaban J connectivity index is 2.17. The van der Waals surface area contributed by atoms with Gasteiger partial charge in [-0.25, -0.2) is 13.2 Å². The third-order valence-corrected chi connectivity index (χ3v) is 8.33. The van der Waals surface area contributed by atoms with Crippen molar-refractivity contribution in [2.24, 2.45) is 20.5 Å². The number of aliphatic hydroxyl groups excluding tert-OH is 1. The van der Waals surface area contributed by atoms with E-state index in [1.54, 1.807) is 12.1 Å². The largest absolute Gasteiger partial charge is 0.494 e. The molecule has 17 heteroatoms. The lowest BCUT2D eigenvalue weighted by atomic mass is 10.2. The van der Waals surface area contributed by atoms with E-state index in [1.807, 2.05) is 0 Å². The fraction of sp³-hybridized carbons (Fsp3) is 0.208. The van der Waals surface area contributed by atoms with E-state index in [2.05, 4.69) is 20.5 Å². The number of ether oxygens (including phenoxy) is 2. The zero-order chi connectivity index (χ0) is 30.5. The first-order chi connectivity index (χ1) is 19.2. The Kier molecular flexibility index (Phi) is 9.38. The summed E-state index contributed by atoms with van der Waals surface area (Å²) >= 11 is 0. The Hall–Kier alpha value is -4.45. The fourth-order valence-electron chi connectivity index (χ4n) is 3.58. The van der Waals surface area contributed by atoms with Gasteiger partial charge in [0.05, 0.1) is 48.4 Å². The van der Waals surface area contributed by atoms with E-state index in [0.29, 0.717) is 0 Å². The molecule has 0 saturated carbocycles. The summed E-state index contributed by atoms with van der Waals surface area (Å²) in [5.74, 6) is -1.21. The molecule has 15 nitrogen and oxygen atoms in total. The smallest absolute Gasteiger partial charge is 0.340 e. The molecule has 0 saturated heterocycles.